The molecule has 0 aliphatic carbocycles. The molecule has 3 heterocycles. The van der Waals surface area contributed by atoms with Crippen molar-refractivity contribution in [3.8, 4) is 0 Å². The number of aliphatic hydroxyl groups excluding tert-OH is 3. The number of hydrogen-bond acceptors (Lipinski definition) is 6. The number of fused-ring (bicyclic) bond motifs is 1. The summed E-state index contributed by atoms with van der Waals surface area (Å²) < 4.78 is 7.07. The first-order chi connectivity index (χ1) is 9.13. The fourth-order valence-corrected chi connectivity index (χ4v) is 2.39. The van der Waals surface area contributed by atoms with Gasteiger partial charge < -0.3 is 30.4 Å². The minimum Gasteiger partial charge on any atom is -0.398 e. The van der Waals surface area contributed by atoms with E-state index in [0.29, 0.717) is 11.3 Å². The Bertz CT molecular complexity index is 600. The second-order valence-electron chi connectivity index (χ2n) is 4.59. The number of ether oxygens (including phenoxy) is 1. The first-order valence-corrected chi connectivity index (χ1v) is 5.97. The van der Waals surface area contributed by atoms with Crippen molar-refractivity contribution in [1.82, 2.24) is 9.55 Å². The summed E-state index contributed by atoms with van der Waals surface area (Å²) in [5, 5.41) is 29.6. The van der Waals surface area contributed by atoms with Gasteiger partial charge in [-0.2, -0.15) is 0 Å². The van der Waals surface area contributed by atoms with E-state index in [2.05, 4.69) is 4.98 Å². The molecule has 0 bridgehead atoms. The summed E-state index contributed by atoms with van der Waals surface area (Å²) in [5.41, 5.74) is 6.98. The number of nitrogens with zero attached hydrogens (tertiary/aromatic N) is 2. The number of hydrogen-bond donors (Lipinski definition) is 4. The molecular weight excluding hydrogens is 250 g/mol. The van der Waals surface area contributed by atoms with Gasteiger partial charge in [0.1, 0.15) is 24.0 Å². The highest BCUT2D eigenvalue weighted by atomic mass is 16.6. The van der Waals surface area contributed by atoms with Gasteiger partial charge in [-0.15, -0.1) is 0 Å². The molecule has 5 N–H and O–H groups in total. The van der Waals surface area contributed by atoms with E-state index in [0.717, 1.165) is 5.39 Å². The monoisotopic (exact) mass is 265 g/mol. The molecule has 0 aromatic carbocycles. The normalized spacial score (nSPS) is 31.1. The van der Waals surface area contributed by atoms with Crippen LogP contribution >= 0.6 is 0 Å². The first-order valence-electron chi connectivity index (χ1n) is 5.97. The lowest BCUT2D eigenvalue weighted by Gasteiger charge is -2.17. The number of nitrogen functional groups attached to an aromatic ring is 1. The predicted molar refractivity (Wildman–Crippen MR) is 67.2 cm³/mol. The van der Waals surface area contributed by atoms with Gasteiger partial charge in [-0.05, 0) is 12.1 Å². The zero-order valence-electron chi connectivity index (χ0n) is 10.0. The van der Waals surface area contributed by atoms with Crippen molar-refractivity contribution >= 4 is 16.7 Å². The van der Waals surface area contributed by atoms with Crippen LogP contribution in [0, 0.1) is 0 Å². The molecule has 19 heavy (non-hydrogen) atoms. The molecule has 1 aliphatic rings. The second kappa shape index (κ2) is 4.46. The average Bonchev–Trinajstić information content (AvgIpc) is 2.94. The summed E-state index contributed by atoms with van der Waals surface area (Å²) in [4.78, 5) is 4.20. The van der Waals surface area contributed by atoms with Crippen LogP contribution in [0.5, 0.6) is 0 Å². The van der Waals surface area contributed by atoms with Gasteiger partial charge in [0, 0.05) is 23.5 Å². The van der Waals surface area contributed by atoms with Crippen LogP contribution in [0.4, 0.5) is 5.69 Å². The van der Waals surface area contributed by atoms with Crippen molar-refractivity contribution in [3.63, 3.8) is 0 Å². The SMILES string of the molecule is Nc1ccnc2c1ccn2C1OC(CO)C(O)C1O. The topological polar surface area (TPSA) is 114 Å². The molecule has 4 unspecified atom stereocenters. The van der Waals surface area contributed by atoms with Crippen molar-refractivity contribution in [2.75, 3.05) is 12.3 Å². The molecule has 7 heteroatoms. The lowest BCUT2D eigenvalue weighted by atomic mass is 10.1. The summed E-state index contributed by atoms with van der Waals surface area (Å²) in [6.45, 7) is -0.358. The highest BCUT2D eigenvalue weighted by molar-refractivity contribution is 5.88. The molecule has 2 aromatic heterocycles. The maximum Gasteiger partial charge on any atom is 0.164 e. The molecule has 7 nitrogen and oxygen atoms in total. The van der Waals surface area contributed by atoms with E-state index >= 15 is 0 Å². The maximum atomic E-state index is 9.99. The van der Waals surface area contributed by atoms with Crippen molar-refractivity contribution in [1.29, 1.82) is 0 Å². The lowest BCUT2D eigenvalue weighted by Crippen LogP contribution is -2.33. The number of aromatic nitrogens is 2. The third-order valence-corrected chi connectivity index (χ3v) is 3.44. The Labute approximate surface area is 108 Å². The summed E-state index contributed by atoms with van der Waals surface area (Å²) >= 11 is 0. The summed E-state index contributed by atoms with van der Waals surface area (Å²) in [5.74, 6) is 0. The highest BCUT2D eigenvalue weighted by Gasteiger charge is 2.43. The zero-order chi connectivity index (χ0) is 13.6. The fraction of sp³-hybridized carbons (Fsp3) is 0.417. The highest BCUT2D eigenvalue weighted by Crippen LogP contribution is 2.32. The molecule has 4 atom stereocenters. The van der Waals surface area contributed by atoms with E-state index in [1.807, 2.05) is 0 Å². The number of aliphatic hydroxyl groups is 3. The van der Waals surface area contributed by atoms with Gasteiger partial charge in [-0.1, -0.05) is 0 Å². The van der Waals surface area contributed by atoms with Crippen LogP contribution in [0.25, 0.3) is 11.0 Å². The van der Waals surface area contributed by atoms with Gasteiger partial charge in [-0.3, -0.25) is 0 Å². The first kappa shape index (κ1) is 12.4. The molecule has 0 radical (unpaired) electrons. The number of anilines is 1. The minimum atomic E-state index is -1.13. The third kappa shape index (κ3) is 1.79. The van der Waals surface area contributed by atoms with Crippen LogP contribution < -0.4 is 5.73 Å². The van der Waals surface area contributed by atoms with Crippen LogP contribution in [0.1, 0.15) is 6.23 Å². The summed E-state index contributed by atoms with van der Waals surface area (Å²) in [6, 6.07) is 3.45. The molecule has 0 spiro atoms. The fourth-order valence-electron chi connectivity index (χ4n) is 2.39. The van der Waals surface area contributed by atoms with E-state index < -0.39 is 24.5 Å². The molecule has 1 fully saturated rings. The quantitative estimate of drug-likeness (QED) is 0.567. The zero-order valence-corrected chi connectivity index (χ0v) is 10.0. The van der Waals surface area contributed by atoms with Gasteiger partial charge in [0.25, 0.3) is 0 Å². The van der Waals surface area contributed by atoms with Crippen LogP contribution in [0.15, 0.2) is 24.5 Å². The summed E-state index contributed by atoms with van der Waals surface area (Å²) in [6.07, 6.45) is -0.605. The Morgan fingerprint density at radius 3 is 2.79 bits per heavy atom. The van der Waals surface area contributed by atoms with Gasteiger partial charge in [-0.25, -0.2) is 4.98 Å². The van der Waals surface area contributed by atoms with Crippen LogP contribution in [-0.4, -0.2) is 49.8 Å². The van der Waals surface area contributed by atoms with Crippen LogP contribution in [-0.2, 0) is 4.74 Å². The molecule has 3 rings (SSSR count). The third-order valence-electron chi connectivity index (χ3n) is 3.44. The van der Waals surface area contributed by atoms with E-state index in [9.17, 15) is 10.2 Å². The number of nitrogens with two attached hydrogens (primary N) is 1. The molecule has 0 saturated carbocycles. The molecule has 1 aliphatic heterocycles. The molecule has 2 aromatic rings. The Morgan fingerprint density at radius 1 is 1.32 bits per heavy atom. The largest absolute Gasteiger partial charge is 0.398 e. The standard InChI is InChI=1S/C12H15N3O4/c13-7-1-3-14-11-6(7)2-4-15(11)12-10(18)9(17)8(5-16)19-12/h1-4,8-10,12,16-18H,5H2,(H2,13,14). The Hall–Kier alpha value is -1.67. The average molecular weight is 265 g/mol. The smallest absolute Gasteiger partial charge is 0.164 e. The molecular formula is C12H15N3O4. The molecule has 102 valence electrons. The van der Waals surface area contributed by atoms with Gasteiger partial charge in [0.15, 0.2) is 6.23 Å². The van der Waals surface area contributed by atoms with Gasteiger partial charge in [0.2, 0.25) is 0 Å². The van der Waals surface area contributed by atoms with Gasteiger partial charge >= 0.3 is 0 Å². The van der Waals surface area contributed by atoms with Crippen molar-refractivity contribution in [3.05, 3.63) is 24.5 Å². The predicted octanol–water partition coefficient (Wildman–Crippen LogP) is -0.770. The van der Waals surface area contributed by atoms with Crippen molar-refractivity contribution in [2.45, 2.75) is 24.5 Å². The molecule has 0 amide bonds. The van der Waals surface area contributed by atoms with Crippen LogP contribution in [0.3, 0.4) is 0 Å². The lowest BCUT2D eigenvalue weighted by molar-refractivity contribution is -0.0508. The van der Waals surface area contributed by atoms with Gasteiger partial charge in [0.05, 0.1) is 6.61 Å². The Balaban J connectivity index is 2.04. The maximum absolute atomic E-state index is 9.99. The summed E-state index contributed by atoms with van der Waals surface area (Å²) in [7, 11) is 0. The second-order valence-corrected chi connectivity index (χ2v) is 4.59. The van der Waals surface area contributed by atoms with Crippen molar-refractivity contribution in [2.24, 2.45) is 0 Å². The Kier molecular flexibility index (Phi) is 2.90. The minimum absolute atomic E-state index is 0.358. The Morgan fingerprint density at radius 2 is 2.11 bits per heavy atom. The van der Waals surface area contributed by atoms with E-state index in [-0.39, 0.29) is 6.61 Å². The van der Waals surface area contributed by atoms with Crippen molar-refractivity contribution < 1.29 is 20.1 Å². The van der Waals surface area contributed by atoms with E-state index in [1.165, 1.54) is 0 Å². The number of rotatable bonds is 2. The number of pyridine rings is 1. The van der Waals surface area contributed by atoms with E-state index in [4.69, 9.17) is 15.6 Å². The van der Waals surface area contributed by atoms with E-state index in [1.54, 1.807) is 29.1 Å². The van der Waals surface area contributed by atoms with Crippen LogP contribution in [0.2, 0.25) is 0 Å². The molecule has 1 saturated heterocycles.